The van der Waals surface area contributed by atoms with Gasteiger partial charge < -0.3 is 0 Å². The number of hydrogen-bond donors (Lipinski definition) is 0. The molecule has 0 aliphatic heterocycles. The van der Waals surface area contributed by atoms with Crippen molar-refractivity contribution in [3.05, 3.63) is 0 Å². The second-order valence-electron chi connectivity index (χ2n) is 4.89. The lowest BCUT2D eigenvalue weighted by Crippen LogP contribution is -2.48. The highest BCUT2D eigenvalue weighted by Crippen LogP contribution is 2.30. The second kappa shape index (κ2) is 4.45. The van der Waals surface area contributed by atoms with Crippen LogP contribution in [0.1, 0.15) is 59.8 Å². The van der Waals surface area contributed by atoms with Crippen LogP contribution in [0.4, 0.5) is 0 Å². The first kappa shape index (κ1) is 11.0. The molecule has 0 aromatic carbocycles. The van der Waals surface area contributed by atoms with E-state index in [-0.39, 0.29) is 0 Å². The van der Waals surface area contributed by atoms with Crippen LogP contribution >= 0.6 is 0 Å². The lowest BCUT2D eigenvalue weighted by Gasteiger charge is -2.41. The van der Waals surface area contributed by atoms with Crippen LogP contribution in [0.2, 0.25) is 0 Å². The third-order valence-corrected chi connectivity index (χ3v) is 3.75. The predicted octanol–water partition coefficient (Wildman–Crippen LogP) is 3.44. The maximum Gasteiger partial charge on any atom is 0.0153 e. The van der Waals surface area contributed by atoms with Gasteiger partial charge in [-0.2, -0.15) is 0 Å². The summed E-state index contributed by atoms with van der Waals surface area (Å²) < 4.78 is 0. The Bertz CT molecular complexity index is 145. The van der Waals surface area contributed by atoms with Crippen molar-refractivity contribution in [2.45, 2.75) is 71.4 Å². The van der Waals surface area contributed by atoms with E-state index in [0.29, 0.717) is 5.54 Å². The van der Waals surface area contributed by atoms with Crippen molar-refractivity contribution in [3.63, 3.8) is 0 Å². The Balaban J connectivity index is 2.59. The van der Waals surface area contributed by atoms with Crippen LogP contribution in [0.15, 0.2) is 0 Å². The van der Waals surface area contributed by atoms with Gasteiger partial charge in [0.1, 0.15) is 0 Å². The molecule has 0 aromatic rings. The highest BCUT2D eigenvalue weighted by molar-refractivity contribution is 4.87. The van der Waals surface area contributed by atoms with Gasteiger partial charge in [0.15, 0.2) is 0 Å². The fourth-order valence-corrected chi connectivity index (χ4v) is 2.60. The van der Waals surface area contributed by atoms with E-state index in [9.17, 15) is 0 Å². The monoisotopic (exact) mass is 183 g/mol. The van der Waals surface area contributed by atoms with E-state index in [1.807, 2.05) is 0 Å². The van der Waals surface area contributed by atoms with Crippen molar-refractivity contribution in [2.24, 2.45) is 0 Å². The van der Waals surface area contributed by atoms with Crippen molar-refractivity contribution in [1.29, 1.82) is 0 Å². The molecule has 0 amide bonds. The topological polar surface area (TPSA) is 3.24 Å². The Morgan fingerprint density at radius 1 is 1.15 bits per heavy atom. The maximum atomic E-state index is 2.71. The molecule has 13 heavy (non-hydrogen) atoms. The number of hydrogen-bond acceptors (Lipinski definition) is 1. The number of rotatable bonds is 4. The summed E-state index contributed by atoms with van der Waals surface area (Å²) in [4.78, 5) is 2.71. The Labute approximate surface area is 83.5 Å². The van der Waals surface area contributed by atoms with E-state index >= 15 is 0 Å². The quantitative estimate of drug-likeness (QED) is 0.645. The van der Waals surface area contributed by atoms with Crippen LogP contribution in [-0.4, -0.2) is 23.0 Å². The summed E-state index contributed by atoms with van der Waals surface area (Å²) in [6, 6.07) is 0.875. The molecule has 1 fully saturated rings. The summed E-state index contributed by atoms with van der Waals surface area (Å²) in [6.07, 6.45) is 7.01. The minimum atomic E-state index is 0.407. The molecule has 0 spiro atoms. The summed E-state index contributed by atoms with van der Waals surface area (Å²) in [7, 11) is 0. The Hall–Kier alpha value is -0.0400. The third kappa shape index (κ3) is 2.46. The van der Waals surface area contributed by atoms with Gasteiger partial charge in [-0.25, -0.2) is 0 Å². The first-order valence-corrected chi connectivity index (χ1v) is 5.88. The van der Waals surface area contributed by atoms with Gasteiger partial charge in [-0.05, 0) is 39.7 Å². The molecule has 1 aliphatic carbocycles. The average Bonchev–Trinajstić information content (AvgIpc) is 2.58. The zero-order valence-electron chi connectivity index (χ0n) is 9.77. The Kier molecular flexibility index (Phi) is 3.78. The molecule has 0 unspecified atom stereocenters. The van der Waals surface area contributed by atoms with Gasteiger partial charge in [0, 0.05) is 11.6 Å². The molecule has 78 valence electrons. The highest BCUT2D eigenvalue weighted by Gasteiger charge is 2.31. The molecule has 1 saturated carbocycles. The fourth-order valence-electron chi connectivity index (χ4n) is 2.60. The number of nitrogens with zero attached hydrogens (tertiary/aromatic N) is 1. The van der Waals surface area contributed by atoms with Gasteiger partial charge in [0.05, 0.1) is 0 Å². The van der Waals surface area contributed by atoms with E-state index in [1.165, 1.54) is 38.6 Å². The molecular formula is C12H25N. The zero-order valence-corrected chi connectivity index (χ0v) is 9.77. The molecule has 1 nitrogen and oxygen atoms in total. The molecule has 1 aliphatic rings. The summed E-state index contributed by atoms with van der Waals surface area (Å²) in [5.41, 5.74) is 0.407. The Morgan fingerprint density at radius 2 is 1.69 bits per heavy atom. The molecule has 0 bridgehead atoms. The van der Waals surface area contributed by atoms with Crippen molar-refractivity contribution in [3.8, 4) is 0 Å². The lowest BCUT2D eigenvalue weighted by atomic mass is 9.96. The van der Waals surface area contributed by atoms with Crippen molar-refractivity contribution in [2.75, 3.05) is 6.54 Å². The van der Waals surface area contributed by atoms with E-state index in [0.717, 1.165) is 6.04 Å². The molecule has 0 aromatic heterocycles. The molecular weight excluding hydrogens is 158 g/mol. The highest BCUT2D eigenvalue weighted by atomic mass is 15.2. The smallest absolute Gasteiger partial charge is 0.0153 e. The normalized spacial score (nSPS) is 20.1. The summed E-state index contributed by atoms with van der Waals surface area (Å²) >= 11 is 0. The van der Waals surface area contributed by atoms with E-state index in [4.69, 9.17) is 0 Å². The van der Waals surface area contributed by atoms with Gasteiger partial charge >= 0.3 is 0 Å². The van der Waals surface area contributed by atoms with Crippen molar-refractivity contribution < 1.29 is 0 Å². The van der Waals surface area contributed by atoms with Gasteiger partial charge in [0.25, 0.3) is 0 Å². The fraction of sp³-hybridized carbons (Fsp3) is 1.00. The van der Waals surface area contributed by atoms with Crippen LogP contribution in [0, 0.1) is 0 Å². The van der Waals surface area contributed by atoms with E-state index < -0.39 is 0 Å². The molecule has 0 heterocycles. The lowest BCUT2D eigenvalue weighted by molar-refractivity contribution is 0.0737. The van der Waals surface area contributed by atoms with Gasteiger partial charge in [0.2, 0.25) is 0 Å². The maximum absolute atomic E-state index is 2.71. The first-order valence-electron chi connectivity index (χ1n) is 5.88. The van der Waals surface area contributed by atoms with E-state index in [1.54, 1.807) is 0 Å². The van der Waals surface area contributed by atoms with Gasteiger partial charge in [-0.3, -0.25) is 4.90 Å². The molecule has 1 rings (SSSR count). The average molecular weight is 183 g/mol. The largest absolute Gasteiger partial charge is 0.296 e. The summed E-state index contributed by atoms with van der Waals surface area (Å²) in [5, 5.41) is 0. The zero-order chi connectivity index (χ0) is 9.90. The van der Waals surface area contributed by atoms with Crippen LogP contribution in [-0.2, 0) is 0 Å². The summed E-state index contributed by atoms with van der Waals surface area (Å²) in [5.74, 6) is 0. The first-order chi connectivity index (χ1) is 6.11. The minimum Gasteiger partial charge on any atom is -0.296 e. The van der Waals surface area contributed by atoms with Gasteiger partial charge in [-0.1, -0.05) is 26.7 Å². The van der Waals surface area contributed by atoms with Crippen LogP contribution in [0.25, 0.3) is 0 Å². The second-order valence-corrected chi connectivity index (χ2v) is 4.89. The van der Waals surface area contributed by atoms with Crippen LogP contribution in [0.3, 0.4) is 0 Å². The predicted molar refractivity (Wildman–Crippen MR) is 59.0 cm³/mol. The SMILES string of the molecule is CCN(C1CCCC1)C(C)(C)CC. The molecule has 0 saturated heterocycles. The molecule has 0 atom stereocenters. The standard InChI is InChI=1S/C12H25N/c1-5-12(3,4)13(6-2)11-9-7-8-10-11/h11H,5-10H2,1-4H3. The summed E-state index contributed by atoms with van der Waals surface area (Å²) in [6.45, 7) is 10.6. The van der Waals surface area contributed by atoms with Crippen LogP contribution < -0.4 is 0 Å². The van der Waals surface area contributed by atoms with Gasteiger partial charge in [-0.15, -0.1) is 0 Å². The molecule has 1 heteroatoms. The third-order valence-electron chi connectivity index (χ3n) is 3.75. The van der Waals surface area contributed by atoms with Crippen molar-refractivity contribution >= 4 is 0 Å². The van der Waals surface area contributed by atoms with E-state index in [2.05, 4.69) is 32.6 Å². The molecule has 0 radical (unpaired) electrons. The van der Waals surface area contributed by atoms with Crippen molar-refractivity contribution in [1.82, 2.24) is 4.90 Å². The Morgan fingerprint density at radius 3 is 2.08 bits per heavy atom. The minimum absolute atomic E-state index is 0.407. The molecule has 0 N–H and O–H groups in total. The van der Waals surface area contributed by atoms with Crippen LogP contribution in [0.5, 0.6) is 0 Å².